The van der Waals surface area contributed by atoms with Crippen LogP contribution in [0.25, 0.3) is 6.08 Å². The van der Waals surface area contributed by atoms with E-state index in [0.717, 1.165) is 44.8 Å². The lowest BCUT2D eigenvalue weighted by molar-refractivity contribution is -0.121. The number of likely N-dealkylation sites (N-methyl/N-ethyl adjacent to an activating group) is 1. The summed E-state index contributed by atoms with van der Waals surface area (Å²) in [7, 11) is 2.11. The van der Waals surface area contributed by atoms with Gasteiger partial charge in [0.2, 0.25) is 0 Å². The van der Waals surface area contributed by atoms with Crippen molar-refractivity contribution in [3.8, 4) is 0 Å². The molecule has 2 heterocycles. The molecular formula is C20H30N4O. The fourth-order valence-corrected chi connectivity index (χ4v) is 3.41. The van der Waals surface area contributed by atoms with Crippen LogP contribution in [0.4, 0.5) is 5.69 Å². The van der Waals surface area contributed by atoms with E-state index in [4.69, 9.17) is 0 Å². The monoisotopic (exact) mass is 342 g/mol. The number of amides is 1. The van der Waals surface area contributed by atoms with E-state index in [2.05, 4.69) is 46.5 Å². The minimum atomic E-state index is -0.0545. The van der Waals surface area contributed by atoms with Crippen LogP contribution in [0.2, 0.25) is 0 Å². The Hall–Kier alpha value is -1.85. The maximum atomic E-state index is 12.1. The van der Waals surface area contributed by atoms with Crippen LogP contribution in [0.3, 0.4) is 0 Å². The molecule has 2 fully saturated rings. The molecule has 1 amide bonds. The number of rotatable bonds is 4. The van der Waals surface area contributed by atoms with E-state index in [-0.39, 0.29) is 5.91 Å². The van der Waals surface area contributed by atoms with Crippen molar-refractivity contribution in [2.45, 2.75) is 25.7 Å². The number of hydrogen-bond acceptors (Lipinski definition) is 4. The molecule has 0 bridgehead atoms. The number of hydrazine groups is 1. The third-order valence-corrected chi connectivity index (χ3v) is 5.06. The third kappa shape index (κ3) is 5.58. The van der Waals surface area contributed by atoms with E-state index in [0.29, 0.717) is 0 Å². The summed E-state index contributed by atoms with van der Waals surface area (Å²) in [5.41, 5.74) is 5.31. The highest BCUT2D eigenvalue weighted by Gasteiger charge is 2.14. The van der Waals surface area contributed by atoms with Crippen LogP contribution in [0.15, 0.2) is 30.3 Å². The summed E-state index contributed by atoms with van der Waals surface area (Å²) in [6, 6.07) is 8.53. The van der Waals surface area contributed by atoms with Gasteiger partial charge in [-0.1, -0.05) is 25.0 Å². The summed E-state index contributed by atoms with van der Waals surface area (Å²) in [6.07, 6.45) is 8.78. The van der Waals surface area contributed by atoms with Crippen molar-refractivity contribution in [2.75, 3.05) is 51.2 Å². The Bertz CT molecular complexity index is 568. The van der Waals surface area contributed by atoms with Crippen LogP contribution in [-0.4, -0.2) is 62.1 Å². The molecule has 136 valence electrons. The van der Waals surface area contributed by atoms with Gasteiger partial charge >= 0.3 is 0 Å². The number of nitrogens with one attached hydrogen (secondary N) is 1. The zero-order valence-corrected chi connectivity index (χ0v) is 15.3. The number of carbonyl (C=O) groups excluding carboxylic acids is 1. The van der Waals surface area contributed by atoms with E-state index in [1.807, 2.05) is 11.1 Å². The molecule has 25 heavy (non-hydrogen) atoms. The minimum absolute atomic E-state index is 0.0545. The topological polar surface area (TPSA) is 38.8 Å². The number of carbonyl (C=O) groups is 1. The maximum Gasteiger partial charge on any atom is 0.258 e. The van der Waals surface area contributed by atoms with Gasteiger partial charge in [-0.05, 0) is 43.7 Å². The third-order valence-electron chi connectivity index (χ3n) is 5.06. The molecule has 0 unspecified atom stereocenters. The highest BCUT2D eigenvalue weighted by molar-refractivity contribution is 5.91. The molecule has 0 atom stereocenters. The molecule has 0 saturated carbocycles. The van der Waals surface area contributed by atoms with Crippen molar-refractivity contribution in [1.29, 1.82) is 0 Å². The second kappa shape index (κ2) is 9.02. The summed E-state index contributed by atoms with van der Waals surface area (Å²) in [4.78, 5) is 16.8. The SMILES string of the molecule is CN1CCN(NC(=O)/C=C/c2ccc(N3CCCCCC3)cc2)CC1. The van der Waals surface area contributed by atoms with Gasteiger partial charge in [-0.2, -0.15) is 0 Å². The van der Waals surface area contributed by atoms with E-state index < -0.39 is 0 Å². The zero-order chi connectivity index (χ0) is 17.5. The largest absolute Gasteiger partial charge is 0.372 e. The first-order valence-electron chi connectivity index (χ1n) is 9.48. The molecule has 0 spiro atoms. The molecule has 3 rings (SSSR count). The first kappa shape index (κ1) is 18.0. The number of nitrogens with zero attached hydrogens (tertiary/aromatic N) is 3. The molecule has 2 aliphatic rings. The molecular weight excluding hydrogens is 312 g/mol. The average Bonchev–Trinajstić information content (AvgIpc) is 2.92. The Morgan fingerprint density at radius 2 is 1.56 bits per heavy atom. The van der Waals surface area contributed by atoms with E-state index in [1.165, 1.54) is 31.4 Å². The Morgan fingerprint density at radius 3 is 2.20 bits per heavy atom. The number of anilines is 1. The first-order valence-corrected chi connectivity index (χ1v) is 9.48. The van der Waals surface area contributed by atoms with Crippen LogP contribution in [0.5, 0.6) is 0 Å². The molecule has 2 saturated heterocycles. The minimum Gasteiger partial charge on any atom is -0.372 e. The van der Waals surface area contributed by atoms with Crippen LogP contribution in [0.1, 0.15) is 31.2 Å². The zero-order valence-electron chi connectivity index (χ0n) is 15.3. The van der Waals surface area contributed by atoms with Crippen LogP contribution >= 0.6 is 0 Å². The second-order valence-electron chi connectivity index (χ2n) is 7.09. The predicted molar refractivity (Wildman–Crippen MR) is 103 cm³/mol. The van der Waals surface area contributed by atoms with Gasteiger partial charge in [-0.3, -0.25) is 10.2 Å². The number of piperazine rings is 1. The van der Waals surface area contributed by atoms with Crippen LogP contribution in [-0.2, 0) is 4.79 Å². The van der Waals surface area contributed by atoms with Gasteiger partial charge < -0.3 is 9.80 Å². The predicted octanol–water partition coefficient (Wildman–Crippen LogP) is 2.36. The van der Waals surface area contributed by atoms with Crippen molar-refractivity contribution in [3.05, 3.63) is 35.9 Å². The fourth-order valence-electron chi connectivity index (χ4n) is 3.41. The van der Waals surface area contributed by atoms with E-state index in [1.54, 1.807) is 6.08 Å². The van der Waals surface area contributed by atoms with Crippen molar-refractivity contribution in [3.63, 3.8) is 0 Å². The van der Waals surface area contributed by atoms with Gasteiger partial charge in [-0.15, -0.1) is 0 Å². The first-order chi connectivity index (χ1) is 12.2. The molecule has 1 aromatic rings. The summed E-state index contributed by atoms with van der Waals surface area (Å²) in [6.45, 7) is 6.04. The quantitative estimate of drug-likeness (QED) is 0.853. The van der Waals surface area contributed by atoms with E-state index >= 15 is 0 Å². The lowest BCUT2D eigenvalue weighted by atomic mass is 10.1. The Kier molecular flexibility index (Phi) is 6.48. The number of benzene rings is 1. The highest BCUT2D eigenvalue weighted by Crippen LogP contribution is 2.20. The Morgan fingerprint density at radius 1 is 0.920 bits per heavy atom. The van der Waals surface area contributed by atoms with Gasteiger partial charge in [0, 0.05) is 51.0 Å². The van der Waals surface area contributed by atoms with Gasteiger partial charge in [0.15, 0.2) is 0 Å². The molecule has 5 heteroatoms. The maximum absolute atomic E-state index is 12.1. The molecule has 0 aliphatic carbocycles. The van der Waals surface area contributed by atoms with Gasteiger partial charge in [-0.25, -0.2) is 5.01 Å². The fraction of sp³-hybridized carbons (Fsp3) is 0.550. The van der Waals surface area contributed by atoms with Crippen molar-refractivity contribution in [1.82, 2.24) is 15.3 Å². The van der Waals surface area contributed by atoms with E-state index in [9.17, 15) is 4.79 Å². The molecule has 0 aromatic heterocycles. The van der Waals surface area contributed by atoms with Crippen molar-refractivity contribution < 1.29 is 4.79 Å². The van der Waals surface area contributed by atoms with Crippen molar-refractivity contribution >= 4 is 17.7 Å². The molecule has 2 aliphatic heterocycles. The van der Waals surface area contributed by atoms with Gasteiger partial charge in [0.1, 0.15) is 0 Å². The molecule has 5 nitrogen and oxygen atoms in total. The van der Waals surface area contributed by atoms with Gasteiger partial charge in [0.25, 0.3) is 5.91 Å². The average molecular weight is 342 g/mol. The Labute approximate surface area is 151 Å². The highest BCUT2D eigenvalue weighted by atomic mass is 16.2. The standard InChI is InChI=1S/C20H30N4O/c1-22-14-16-24(17-15-22)21-20(25)11-8-18-6-9-19(10-7-18)23-12-4-2-3-5-13-23/h6-11H,2-5,12-17H2,1H3,(H,21,25)/b11-8+. The number of hydrogen-bond donors (Lipinski definition) is 1. The summed E-state index contributed by atoms with van der Waals surface area (Å²) < 4.78 is 0. The van der Waals surface area contributed by atoms with Crippen LogP contribution in [0, 0.1) is 0 Å². The summed E-state index contributed by atoms with van der Waals surface area (Å²) in [5.74, 6) is -0.0545. The van der Waals surface area contributed by atoms with Crippen LogP contribution < -0.4 is 10.3 Å². The van der Waals surface area contributed by atoms with Crippen molar-refractivity contribution in [2.24, 2.45) is 0 Å². The second-order valence-corrected chi connectivity index (χ2v) is 7.09. The normalized spacial score (nSPS) is 20.6. The Balaban J connectivity index is 1.50. The summed E-state index contributed by atoms with van der Waals surface area (Å²) >= 11 is 0. The lowest BCUT2D eigenvalue weighted by Gasteiger charge is -2.31. The lowest BCUT2D eigenvalue weighted by Crippen LogP contribution is -2.52. The smallest absolute Gasteiger partial charge is 0.258 e. The molecule has 1 aromatic carbocycles. The molecule has 0 radical (unpaired) electrons. The molecule has 1 N–H and O–H groups in total. The summed E-state index contributed by atoms with van der Waals surface area (Å²) in [5, 5.41) is 2.00. The van der Waals surface area contributed by atoms with Gasteiger partial charge in [0.05, 0.1) is 0 Å².